The predicted molar refractivity (Wildman–Crippen MR) is 81.5 cm³/mol. The van der Waals surface area contributed by atoms with E-state index in [-0.39, 0.29) is 18.6 Å². The summed E-state index contributed by atoms with van der Waals surface area (Å²) in [5.41, 5.74) is 1.56. The van der Waals surface area contributed by atoms with E-state index in [2.05, 4.69) is 26.2 Å². The second-order valence-electron chi connectivity index (χ2n) is 4.53. The maximum atomic E-state index is 12.2. The predicted octanol–water partition coefficient (Wildman–Crippen LogP) is 3.02. The minimum absolute atomic E-state index is 0.0991. The van der Waals surface area contributed by atoms with Gasteiger partial charge in [-0.1, -0.05) is 30.3 Å². The smallest absolute Gasteiger partial charge is 0.268 e. The Morgan fingerprint density at radius 3 is 2.70 bits per heavy atom. The lowest BCUT2D eigenvalue weighted by Gasteiger charge is -2.18. The molecule has 1 heterocycles. The molecule has 0 saturated heterocycles. The first-order valence-corrected chi connectivity index (χ1v) is 7.30. The van der Waals surface area contributed by atoms with Crippen molar-refractivity contribution in [3.8, 4) is 0 Å². The lowest BCUT2D eigenvalue weighted by Crippen LogP contribution is -2.29. The number of aliphatic hydroxyl groups excluding tert-OH is 1. The van der Waals surface area contributed by atoms with Gasteiger partial charge in [0.25, 0.3) is 5.91 Å². The summed E-state index contributed by atoms with van der Waals surface area (Å²) in [6.07, 6.45) is 3.07. The third kappa shape index (κ3) is 3.95. The minimum atomic E-state index is -0.150. The number of H-pyrrole nitrogens is 1. The third-order valence-corrected chi connectivity index (χ3v) is 3.51. The molecule has 2 rings (SSSR count). The molecule has 106 valence electrons. The summed E-state index contributed by atoms with van der Waals surface area (Å²) in [6, 6.07) is 11.4. The molecule has 0 aliphatic rings. The minimum Gasteiger partial charge on any atom is -0.396 e. The van der Waals surface area contributed by atoms with Gasteiger partial charge in [-0.15, -0.1) is 0 Å². The van der Waals surface area contributed by atoms with E-state index in [1.54, 1.807) is 12.3 Å². The molecule has 0 radical (unpaired) electrons. The van der Waals surface area contributed by atoms with Crippen molar-refractivity contribution >= 4 is 21.8 Å². The van der Waals surface area contributed by atoms with E-state index in [0.29, 0.717) is 18.5 Å². The quantitative estimate of drug-likeness (QED) is 0.759. The van der Waals surface area contributed by atoms with Crippen molar-refractivity contribution in [2.24, 2.45) is 0 Å². The van der Waals surface area contributed by atoms with Crippen LogP contribution in [0.1, 0.15) is 34.9 Å². The van der Waals surface area contributed by atoms with Gasteiger partial charge in [0, 0.05) is 17.3 Å². The van der Waals surface area contributed by atoms with Crippen LogP contribution in [-0.2, 0) is 0 Å². The van der Waals surface area contributed by atoms with Crippen molar-refractivity contribution in [3.05, 3.63) is 58.3 Å². The Bertz CT molecular complexity index is 554. The highest BCUT2D eigenvalue weighted by Gasteiger charge is 2.16. The maximum Gasteiger partial charge on any atom is 0.268 e. The van der Waals surface area contributed by atoms with Gasteiger partial charge in [0.15, 0.2) is 0 Å². The van der Waals surface area contributed by atoms with Crippen LogP contribution in [0.25, 0.3) is 0 Å². The molecule has 1 unspecified atom stereocenters. The van der Waals surface area contributed by atoms with Gasteiger partial charge >= 0.3 is 0 Å². The Kier molecular flexibility index (Phi) is 5.38. The zero-order valence-corrected chi connectivity index (χ0v) is 12.6. The number of aromatic amines is 1. The zero-order chi connectivity index (χ0) is 14.4. The average Bonchev–Trinajstić information content (AvgIpc) is 2.91. The number of aromatic nitrogens is 1. The number of aliphatic hydroxyl groups is 1. The van der Waals surface area contributed by atoms with Gasteiger partial charge in [0.2, 0.25) is 0 Å². The highest BCUT2D eigenvalue weighted by atomic mass is 79.9. The molecule has 0 bridgehead atoms. The van der Waals surface area contributed by atoms with E-state index >= 15 is 0 Å². The zero-order valence-electron chi connectivity index (χ0n) is 11.0. The molecule has 0 saturated carbocycles. The third-order valence-electron chi connectivity index (χ3n) is 3.05. The second-order valence-corrected chi connectivity index (χ2v) is 5.45. The first-order chi connectivity index (χ1) is 9.70. The van der Waals surface area contributed by atoms with Gasteiger partial charge in [-0.3, -0.25) is 4.79 Å². The molecule has 0 fully saturated rings. The van der Waals surface area contributed by atoms with Gasteiger partial charge in [-0.05, 0) is 40.4 Å². The molecule has 3 N–H and O–H groups in total. The second kappa shape index (κ2) is 7.26. The number of amides is 1. The molecule has 1 aromatic carbocycles. The van der Waals surface area contributed by atoms with E-state index in [9.17, 15) is 4.79 Å². The number of hydrogen-bond acceptors (Lipinski definition) is 2. The van der Waals surface area contributed by atoms with Crippen molar-refractivity contribution in [1.82, 2.24) is 10.3 Å². The summed E-state index contributed by atoms with van der Waals surface area (Å²) in [4.78, 5) is 15.1. The summed E-state index contributed by atoms with van der Waals surface area (Å²) < 4.78 is 0.842. The van der Waals surface area contributed by atoms with E-state index < -0.39 is 0 Å². The summed E-state index contributed by atoms with van der Waals surface area (Å²) in [5.74, 6) is -0.150. The van der Waals surface area contributed by atoms with Crippen LogP contribution in [0.3, 0.4) is 0 Å². The van der Waals surface area contributed by atoms with Crippen LogP contribution >= 0.6 is 15.9 Å². The standard InChI is InChI=1S/C15H17BrN2O2/c16-12-9-14(17-10-12)15(20)18-13(7-4-8-19)11-5-2-1-3-6-11/h1-3,5-6,9-10,13,17,19H,4,7-8H2,(H,18,20). The number of nitrogens with one attached hydrogen (secondary N) is 2. The molecule has 1 aromatic heterocycles. The number of halogens is 1. The molecule has 20 heavy (non-hydrogen) atoms. The van der Waals surface area contributed by atoms with Crippen LogP contribution in [0.15, 0.2) is 47.1 Å². The Hall–Kier alpha value is -1.59. The summed E-state index contributed by atoms with van der Waals surface area (Å²) >= 11 is 3.31. The number of hydrogen-bond donors (Lipinski definition) is 3. The van der Waals surface area contributed by atoms with Crippen LogP contribution in [0.5, 0.6) is 0 Å². The van der Waals surface area contributed by atoms with Crippen LogP contribution < -0.4 is 5.32 Å². The number of carbonyl (C=O) groups excluding carboxylic acids is 1. The lowest BCUT2D eigenvalue weighted by atomic mass is 10.0. The topological polar surface area (TPSA) is 65.1 Å². The summed E-state index contributed by atoms with van der Waals surface area (Å²) in [6.45, 7) is 0.118. The molecule has 5 heteroatoms. The summed E-state index contributed by atoms with van der Waals surface area (Å²) in [5, 5.41) is 12.0. The molecule has 4 nitrogen and oxygen atoms in total. The lowest BCUT2D eigenvalue weighted by molar-refractivity contribution is 0.0928. The monoisotopic (exact) mass is 336 g/mol. The molecule has 0 spiro atoms. The Morgan fingerprint density at radius 1 is 1.35 bits per heavy atom. The molecule has 1 atom stereocenters. The highest BCUT2D eigenvalue weighted by Crippen LogP contribution is 2.19. The van der Waals surface area contributed by atoms with Crippen molar-refractivity contribution in [2.75, 3.05) is 6.61 Å². The van der Waals surface area contributed by atoms with E-state index in [1.807, 2.05) is 30.3 Å². The van der Waals surface area contributed by atoms with Gasteiger partial charge in [0.05, 0.1) is 6.04 Å². The van der Waals surface area contributed by atoms with Crippen LogP contribution in [0.2, 0.25) is 0 Å². The fourth-order valence-electron chi connectivity index (χ4n) is 2.04. The Balaban J connectivity index is 2.09. The molecule has 0 aliphatic carbocycles. The number of carbonyl (C=O) groups is 1. The molecule has 0 aliphatic heterocycles. The van der Waals surface area contributed by atoms with Crippen molar-refractivity contribution in [2.45, 2.75) is 18.9 Å². The van der Waals surface area contributed by atoms with Gasteiger partial charge in [-0.2, -0.15) is 0 Å². The SMILES string of the molecule is O=C(NC(CCCO)c1ccccc1)c1cc(Br)c[nH]1. The van der Waals surface area contributed by atoms with Crippen molar-refractivity contribution < 1.29 is 9.90 Å². The van der Waals surface area contributed by atoms with Crippen LogP contribution in [0, 0.1) is 0 Å². The molecular weight excluding hydrogens is 320 g/mol. The average molecular weight is 337 g/mol. The van der Waals surface area contributed by atoms with E-state index in [0.717, 1.165) is 10.0 Å². The maximum absolute atomic E-state index is 12.2. The van der Waals surface area contributed by atoms with Crippen LogP contribution in [-0.4, -0.2) is 22.6 Å². The Labute approximate surface area is 126 Å². The molecule has 1 amide bonds. The van der Waals surface area contributed by atoms with Gasteiger partial charge in [0.1, 0.15) is 5.69 Å². The largest absolute Gasteiger partial charge is 0.396 e. The normalized spacial score (nSPS) is 12.1. The number of benzene rings is 1. The summed E-state index contributed by atoms with van der Waals surface area (Å²) in [7, 11) is 0. The number of rotatable bonds is 6. The highest BCUT2D eigenvalue weighted by molar-refractivity contribution is 9.10. The first kappa shape index (κ1) is 14.8. The van der Waals surface area contributed by atoms with E-state index in [4.69, 9.17) is 5.11 Å². The van der Waals surface area contributed by atoms with Crippen molar-refractivity contribution in [3.63, 3.8) is 0 Å². The van der Waals surface area contributed by atoms with Gasteiger partial charge < -0.3 is 15.4 Å². The fourth-order valence-corrected chi connectivity index (χ4v) is 2.38. The fraction of sp³-hybridized carbons (Fsp3) is 0.267. The van der Waals surface area contributed by atoms with Crippen LogP contribution in [0.4, 0.5) is 0 Å². The van der Waals surface area contributed by atoms with E-state index in [1.165, 1.54) is 0 Å². The first-order valence-electron chi connectivity index (χ1n) is 6.51. The molecular formula is C15H17BrN2O2. The van der Waals surface area contributed by atoms with Crippen molar-refractivity contribution in [1.29, 1.82) is 0 Å². The van der Waals surface area contributed by atoms with Gasteiger partial charge in [-0.25, -0.2) is 0 Å². The molecule has 2 aromatic rings. The Morgan fingerprint density at radius 2 is 2.10 bits per heavy atom.